The van der Waals surface area contributed by atoms with Gasteiger partial charge in [-0.25, -0.2) is 4.79 Å². The molecule has 2 atom stereocenters. The average molecular weight is 314 g/mol. The summed E-state index contributed by atoms with van der Waals surface area (Å²) in [6, 6.07) is 5.94. The molecule has 0 radical (unpaired) electrons. The smallest absolute Gasteiger partial charge is 0.327 e. The van der Waals surface area contributed by atoms with Gasteiger partial charge >= 0.3 is 5.97 Å². The second kappa shape index (κ2) is 6.06. The van der Waals surface area contributed by atoms with Crippen molar-refractivity contribution in [2.75, 3.05) is 5.75 Å². The Kier molecular flexibility index (Phi) is 4.60. The first-order valence-corrected chi connectivity index (χ1v) is 7.77. The zero-order chi connectivity index (χ0) is 14.9. The van der Waals surface area contributed by atoms with E-state index >= 15 is 0 Å². The number of thioether (sulfide) groups is 1. The summed E-state index contributed by atoms with van der Waals surface area (Å²) in [5.74, 6) is -0.697. The molecule has 6 heteroatoms. The quantitative estimate of drug-likeness (QED) is 0.932. The van der Waals surface area contributed by atoms with Crippen molar-refractivity contribution < 1.29 is 14.7 Å². The van der Waals surface area contributed by atoms with Crippen LogP contribution in [0.15, 0.2) is 24.3 Å². The van der Waals surface area contributed by atoms with E-state index in [4.69, 9.17) is 11.6 Å². The van der Waals surface area contributed by atoms with Gasteiger partial charge in [0.05, 0.1) is 16.0 Å². The molecule has 1 fully saturated rings. The van der Waals surface area contributed by atoms with E-state index in [-0.39, 0.29) is 17.2 Å². The van der Waals surface area contributed by atoms with Crippen molar-refractivity contribution in [2.24, 2.45) is 5.92 Å². The van der Waals surface area contributed by atoms with Crippen molar-refractivity contribution >= 4 is 35.2 Å². The Bertz CT molecular complexity index is 535. The molecule has 1 amide bonds. The van der Waals surface area contributed by atoms with Gasteiger partial charge in [0.25, 0.3) is 5.91 Å². The summed E-state index contributed by atoms with van der Waals surface area (Å²) in [5, 5.41) is 9.52. The lowest BCUT2D eigenvalue weighted by molar-refractivity contribution is -0.141. The summed E-state index contributed by atoms with van der Waals surface area (Å²) in [6.07, 6.45) is 0. The Morgan fingerprint density at radius 1 is 1.40 bits per heavy atom. The van der Waals surface area contributed by atoms with Gasteiger partial charge in [-0.05, 0) is 18.1 Å². The molecule has 0 bridgehead atoms. The standard InChI is InChI=1S/C14H16ClNO3S/c1-8(2)13-16(11(7-20-13)14(18)19)12(17)9-5-3-4-6-10(9)15/h3-6,8,11,13H,7H2,1-2H3,(H,18,19). The molecule has 1 N–H and O–H groups in total. The largest absolute Gasteiger partial charge is 0.480 e. The number of hydrogen-bond acceptors (Lipinski definition) is 3. The summed E-state index contributed by atoms with van der Waals surface area (Å²) in [6.45, 7) is 3.96. The third-order valence-corrected chi connectivity index (χ3v) is 5.18. The summed E-state index contributed by atoms with van der Waals surface area (Å²) in [5.41, 5.74) is 0.355. The van der Waals surface area contributed by atoms with E-state index in [0.29, 0.717) is 16.3 Å². The van der Waals surface area contributed by atoms with Crippen molar-refractivity contribution in [1.29, 1.82) is 0 Å². The first kappa shape index (κ1) is 15.2. The number of halogens is 1. The lowest BCUT2D eigenvalue weighted by Gasteiger charge is -2.30. The molecule has 1 saturated heterocycles. The van der Waals surface area contributed by atoms with Crippen molar-refractivity contribution in [3.05, 3.63) is 34.9 Å². The van der Waals surface area contributed by atoms with Crippen LogP contribution in [0.5, 0.6) is 0 Å². The highest BCUT2D eigenvalue weighted by Gasteiger charge is 2.43. The normalized spacial score (nSPS) is 22.3. The fraction of sp³-hybridized carbons (Fsp3) is 0.429. The monoisotopic (exact) mass is 313 g/mol. The molecule has 1 heterocycles. The number of carboxylic acids is 1. The maximum absolute atomic E-state index is 12.7. The van der Waals surface area contributed by atoms with Crippen LogP contribution in [-0.2, 0) is 4.79 Å². The number of amides is 1. The van der Waals surface area contributed by atoms with Crippen molar-refractivity contribution in [3.8, 4) is 0 Å². The third kappa shape index (κ3) is 2.79. The number of carbonyl (C=O) groups is 2. The zero-order valence-corrected chi connectivity index (χ0v) is 12.8. The molecule has 1 aromatic rings. The van der Waals surface area contributed by atoms with Crippen molar-refractivity contribution in [2.45, 2.75) is 25.3 Å². The van der Waals surface area contributed by atoms with Gasteiger partial charge in [-0.15, -0.1) is 11.8 Å². The lowest BCUT2D eigenvalue weighted by Crippen LogP contribution is -2.47. The van der Waals surface area contributed by atoms with Crippen LogP contribution in [0.2, 0.25) is 5.02 Å². The Hall–Kier alpha value is -1.20. The fourth-order valence-corrected chi connectivity index (χ4v) is 3.95. The Labute approximate surface area is 127 Å². The molecule has 1 aromatic carbocycles. The minimum atomic E-state index is -0.971. The van der Waals surface area contributed by atoms with E-state index in [1.807, 2.05) is 13.8 Å². The van der Waals surface area contributed by atoms with Gasteiger partial charge in [-0.3, -0.25) is 4.79 Å². The molecule has 0 spiro atoms. The van der Waals surface area contributed by atoms with E-state index < -0.39 is 12.0 Å². The molecule has 20 heavy (non-hydrogen) atoms. The second-order valence-corrected chi connectivity index (χ2v) is 6.57. The predicted molar refractivity (Wildman–Crippen MR) is 80.1 cm³/mol. The van der Waals surface area contributed by atoms with Gasteiger partial charge in [0.15, 0.2) is 0 Å². The summed E-state index contributed by atoms with van der Waals surface area (Å²) >= 11 is 7.56. The van der Waals surface area contributed by atoms with Gasteiger partial charge in [-0.1, -0.05) is 37.6 Å². The zero-order valence-electron chi connectivity index (χ0n) is 11.2. The molecule has 1 aliphatic rings. The highest BCUT2D eigenvalue weighted by Crippen LogP contribution is 2.36. The molecule has 2 unspecified atom stereocenters. The van der Waals surface area contributed by atoms with Gasteiger partial charge in [-0.2, -0.15) is 0 Å². The Morgan fingerprint density at radius 2 is 2.05 bits per heavy atom. The maximum Gasteiger partial charge on any atom is 0.327 e. The second-order valence-electron chi connectivity index (χ2n) is 5.01. The minimum absolute atomic E-state index is 0.139. The number of benzene rings is 1. The summed E-state index contributed by atoms with van der Waals surface area (Å²) in [4.78, 5) is 25.5. The van der Waals surface area contributed by atoms with Gasteiger partial charge in [0.2, 0.25) is 0 Å². The maximum atomic E-state index is 12.7. The highest BCUT2D eigenvalue weighted by atomic mass is 35.5. The first-order valence-electron chi connectivity index (χ1n) is 6.35. The Balaban J connectivity index is 2.37. The fourth-order valence-electron chi connectivity index (χ4n) is 2.26. The molecule has 4 nitrogen and oxygen atoms in total. The topological polar surface area (TPSA) is 57.6 Å². The molecule has 0 saturated carbocycles. The number of aliphatic carboxylic acids is 1. The SMILES string of the molecule is CC(C)C1SCC(C(=O)O)N1C(=O)c1ccccc1Cl. The van der Waals surface area contributed by atoms with E-state index in [9.17, 15) is 14.7 Å². The average Bonchev–Trinajstić information content (AvgIpc) is 2.83. The molecule has 1 aliphatic heterocycles. The first-order chi connectivity index (χ1) is 9.43. The third-order valence-electron chi connectivity index (χ3n) is 3.23. The predicted octanol–water partition coefficient (Wildman–Crippen LogP) is 2.96. The van der Waals surface area contributed by atoms with E-state index in [1.54, 1.807) is 24.3 Å². The molecular weight excluding hydrogens is 298 g/mol. The van der Waals surface area contributed by atoms with Crippen molar-refractivity contribution in [1.82, 2.24) is 4.90 Å². The highest BCUT2D eigenvalue weighted by molar-refractivity contribution is 8.00. The number of carbonyl (C=O) groups excluding carboxylic acids is 1. The summed E-state index contributed by atoms with van der Waals surface area (Å²) in [7, 11) is 0. The van der Waals surface area contributed by atoms with Crippen LogP contribution in [0.25, 0.3) is 0 Å². The molecule has 2 rings (SSSR count). The molecule has 0 aliphatic carbocycles. The summed E-state index contributed by atoms with van der Waals surface area (Å²) < 4.78 is 0. The molecular formula is C14H16ClNO3S. The number of hydrogen-bond donors (Lipinski definition) is 1. The molecule has 108 valence electrons. The minimum Gasteiger partial charge on any atom is -0.480 e. The number of nitrogens with zero attached hydrogens (tertiary/aromatic N) is 1. The van der Waals surface area contributed by atoms with E-state index in [0.717, 1.165) is 0 Å². The van der Waals surface area contributed by atoms with Crippen LogP contribution in [0.3, 0.4) is 0 Å². The van der Waals surface area contributed by atoms with Gasteiger partial charge in [0, 0.05) is 5.75 Å². The van der Waals surface area contributed by atoms with Crippen LogP contribution in [0.4, 0.5) is 0 Å². The van der Waals surface area contributed by atoms with Crippen LogP contribution in [-0.4, -0.2) is 39.1 Å². The van der Waals surface area contributed by atoms with Gasteiger partial charge < -0.3 is 10.0 Å². The van der Waals surface area contributed by atoms with Crippen LogP contribution < -0.4 is 0 Å². The van der Waals surface area contributed by atoms with E-state index in [1.165, 1.54) is 16.7 Å². The number of carboxylic acid groups (broad SMARTS) is 1. The Morgan fingerprint density at radius 3 is 2.60 bits per heavy atom. The molecule has 0 aromatic heterocycles. The van der Waals surface area contributed by atoms with Gasteiger partial charge in [0.1, 0.15) is 6.04 Å². The van der Waals surface area contributed by atoms with E-state index in [2.05, 4.69) is 0 Å². The van der Waals surface area contributed by atoms with Crippen LogP contribution >= 0.6 is 23.4 Å². The van der Waals surface area contributed by atoms with Crippen LogP contribution in [0.1, 0.15) is 24.2 Å². The lowest BCUT2D eigenvalue weighted by atomic mass is 10.1. The number of rotatable bonds is 3. The van der Waals surface area contributed by atoms with Crippen LogP contribution in [0, 0.1) is 5.92 Å². The van der Waals surface area contributed by atoms with Crippen molar-refractivity contribution in [3.63, 3.8) is 0 Å².